The summed E-state index contributed by atoms with van der Waals surface area (Å²) < 4.78 is 11.0. The Morgan fingerprint density at radius 3 is 2.82 bits per heavy atom. The van der Waals surface area contributed by atoms with E-state index in [2.05, 4.69) is 13.8 Å². The fourth-order valence-electron chi connectivity index (χ4n) is 2.18. The smallest absolute Gasteiger partial charge is 0.160 e. The summed E-state index contributed by atoms with van der Waals surface area (Å²) in [6.45, 7) is 6.36. The van der Waals surface area contributed by atoms with E-state index in [0.717, 1.165) is 25.0 Å². The Morgan fingerprint density at radius 1 is 1.27 bits per heavy atom. The Balaban J connectivity index is 2.03. The van der Waals surface area contributed by atoms with E-state index in [4.69, 9.17) is 9.47 Å². The van der Waals surface area contributed by atoms with E-state index in [1.165, 1.54) is 6.42 Å². The molecular formula is C9H16O2. The minimum Gasteiger partial charge on any atom is -0.352 e. The highest BCUT2D eigenvalue weighted by Gasteiger charge is 2.42. The van der Waals surface area contributed by atoms with Crippen molar-refractivity contribution in [1.29, 1.82) is 0 Å². The summed E-state index contributed by atoms with van der Waals surface area (Å²) in [5, 5.41) is 0. The lowest BCUT2D eigenvalue weighted by molar-refractivity contribution is -0.0906. The maximum Gasteiger partial charge on any atom is 0.160 e. The molecule has 11 heavy (non-hydrogen) atoms. The maximum absolute atomic E-state index is 5.53. The van der Waals surface area contributed by atoms with Crippen LogP contribution in [0.3, 0.4) is 0 Å². The minimum atomic E-state index is 0.141. The van der Waals surface area contributed by atoms with Crippen molar-refractivity contribution < 1.29 is 9.47 Å². The molecule has 0 aromatic rings. The van der Waals surface area contributed by atoms with Crippen LogP contribution in [0.4, 0.5) is 0 Å². The number of fused-ring (bicyclic) bond motifs is 1. The molecule has 0 amide bonds. The van der Waals surface area contributed by atoms with Crippen molar-refractivity contribution in [2.75, 3.05) is 13.2 Å². The van der Waals surface area contributed by atoms with E-state index in [-0.39, 0.29) is 6.29 Å². The van der Waals surface area contributed by atoms with E-state index >= 15 is 0 Å². The molecule has 2 aliphatic heterocycles. The lowest BCUT2D eigenvalue weighted by Crippen LogP contribution is -2.19. The molecule has 2 saturated heterocycles. The van der Waals surface area contributed by atoms with E-state index in [0.29, 0.717) is 5.92 Å². The van der Waals surface area contributed by atoms with Crippen molar-refractivity contribution in [3.8, 4) is 0 Å². The summed E-state index contributed by atoms with van der Waals surface area (Å²) in [6.07, 6.45) is 1.34. The van der Waals surface area contributed by atoms with Gasteiger partial charge in [-0.05, 0) is 18.3 Å². The van der Waals surface area contributed by atoms with Crippen molar-refractivity contribution in [2.45, 2.75) is 26.6 Å². The maximum atomic E-state index is 5.53. The zero-order valence-electron chi connectivity index (χ0n) is 7.25. The lowest BCUT2D eigenvalue weighted by atomic mass is 9.85. The van der Waals surface area contributed by atoms with Crippen LogP contribution in [0.15, 0.2) is 0 Å². The molecule has 0 spiro atoms. The average Bonchev–Trinajstić information content (AvgIpc) is 2.41. The van der Waals surface area contributed by atoms with Crippen LogP contribution in [0, 0.1) is 17.8 Å². The predicted molar refractivity (Wildman–Crippen MR) is 42.1 cm³/mol. The van der Waals surface area contributed by atoms with Crippen molar-refractivity contribution in [2.24, 2.45) is 17.8 Å². The molecule has 2 nitrogen and oxygen atoms in total. The second kappa shape index (κ2) is 2.76. The SMILES string of the molecule is CC(C)[C@H]1CO[C@H]2OCCC21. The summed E-state index contributed by atoms with van der Waals surface area (Å²) in [6, 6.07) is 0. The van der Waals surface area contributed by atoms with Gasteiger partial charge in [-0.25, -0.2) is 0 Å². The van der Waals surface area contributed by atoms with Crippen LogP contribution < -0.4 is 0 Å². The molecule has 0 aliphatic carbocycles. The Bertz CT molecular complexity index is 144. The molecule has 0 bridgehead atoms. The van der Waals surface area contributed by atoms with Crippen LogP contribution in [-0.2, 0) is 9.47 Å². The molecule has 0 aromatic heterocycles. The predicted octanol–water partition coefficient (Wildman–Crippen LogP) is 1.65. The van der Waals surface area contributed by atoms with Gasteiger partial charge >= 0.3 is 0 Å². The van der Waals surface area contributed by atoms with Gasteiger partial charge in [0, 0.05) is 5.92 Å². The van der Waals surface area contributed by atoms with E-state index in [9.17, 15) is 0 Å². The molecule has 0 radical (unpaired) electrons. The molecule has 2 rings (SSSR count). The Kier molecular flexibility index (Phi) is 1.90. The van der Waals surface area contributed by atoms with Crippen LogP contribution in [0.2, 0.25) is 0 Å². The molecule has 0 N–H and O–H groups in total. The number of ether oxygens (including phenoxy) is 2. The summed E-state index contributed by atoms with van der Waals surface area (Å²) >= 11 is 0. The zero-order chi connectivity index (χ0) is 7.84. The third-order valence-corrected chi connectivity index (χ3v) is 2.94. The molecule has 2 heteroatoms. The highest BCUT2D eigenvalue weighted by molar-refractivity contribution is 4.84. The first-order valence-corrected chi connectivity index (χ1v) is 4.52. The van der Waals surface area contributed by atoms with Crippen LogP contribution in [0.1, 0.15) is 20.3 Å². The van der Waals surface area contributed by atoms with Gasteiger partial charge in [-0.2, -0.15) is 0 Å². The number of hydrogen-bond donors (Lipinski definition) is 0. The van der Waals surface area contributed by atoms with Crippen molar-refractivity contribution in [1.82, 2.24) is 0 Å². The Morgan fingerprint density at radius 2 is 2.09 bits per heavy atom. The molecule has 2 fully saturated rings. The third-order valence-electron chi connectivity index (χ3n) is 2.94. The van der Waals surface area contributed by atoms with Crippen LogP contribution in [0.25, 0.3) is 0 Å². The van der Waals surface area contributed by atoms with Gasteiger partial charge in [0.05, 0.1) is 13.2 Å². The molecule has 0 aromatic carbocycles. The van der Waals surface area contributed by atoms with Gasteiger partial charge in [0.1, 0.15) is 0 Å². The summed E-state index contributed by atoms with van der Waals surface area (Å²) in [5.74, 6) is 2.17. The topological polar surface area (TPSA) is 18.5 Å². The second-order valence-electron chi connectivity index (χ2n) is 3.93. The average molecular weight is 156 g/mol. The van der Waals surface area contributed by atoms with Crippen LogP contribution in [-0.4, -0.2) is 19.5 Å². The standard InChI is InChI=1S/C9H16O2/c1-6(2)8-5-11-9-7(8)3-4-10-9/h6-9H,3-5H2,1-2H3/t7?,8-,9-/m1/s1. The minimum absolute atomic E-state index is 0.141. The monoisotopic (exact) mass is 156 g/mol. The highest BCUT2D eigenvalue weighted by atomic mass is 16.7. The molecular weight excluding hydrogens is 140 g/mol. The Hall–Kier alpha value is -0.0800. The van der Waals surface area contributed by atoms with Crippen molar-refractivity contribution >= 4 is 0 Å². The van der Waals surface area contributed by atoms with Gasteiger partial charge in [0.15, 0.2) is 6.29 Å². The van der Waals surface area contributed by atoms with Crippen LogP contribution in [0.5, 0.6) is 0 Å². The first-order chi connectivity index (χ1) is 5.29. The fraction of sp³-hybridized carbons (Fsp3) is 1.00. The van der Waals surface area contributed by atoms with E-state index < -0.39 is 0 Å². The normalized spacial score (nSPS) is 43.4. The molecule has 2 heterocycles. The van der Waals surface area contributed by atoms with Gasteiger partial charge in [-0.3, -0.25) is 0 Å². The summed E-state index contributed by atoms with van der Waals surface area (Å²) in [7, 11) is 0. The summed E-state index contributed by atoms with van der Waals surface area (Å²) in [5.41, 5.74) is 0. The molecule has 0 saturated carbocycles. The first kappa shape index (κ1) is 7.56. The number of hydrogen-bond acceptors (Lipinski definition) is 2. The van der Waals surface area contributed by atoms with Crippen molar-refractivity contribution in [3.05, 3.63) is 0 Å². The van der Waals surface area contributed by atoms with Gasteiger partial charge in [-0.1, -0.05) is 13.8 Å². The van der Waals surface area contributed by atoms with Gasteiger partial charge in [0.2, 0.25) is 0 Å². The highest BCUT2D eigenvalue weighted by Crippen LogP contribution is 2.38. The first-order valence-electron chi connectivity index (χ1n) is 4.52. The largest absolute Gasteiger partial charge is 0.352 e. The second-order valence-corrected chi connectivity index (χ2v) is 3.93. The lowest BCUT2D eigenvalue weighted by Gasteiger charge is -2.17. The van der Waals surface area contributed by atoms with Crippen molar-refractivity contribution in [3.63, 3.8) is 0 Å². The zero-order valence-corrected chi connectivity index (χ0v) is 7.25. The van der Waals surface area contributed by atoms with Gasteiger partial charge in [0.25, 0.3) is 0 Å². The molecule has 2 aliphatic rings. The summed E-state index contributed by atoms with van der Waals surface area (Å²) in [4.78, 5) is 0. The Labute approximate surface area is 67.9 Å². The fourth-order valence-corrected chi connectivity index (χ4v) is 2.18. The third kappa shape index (κ3) is 1.18. The number of rotatable bonds is 1. The van der Waals surface area contributed by atoms with Crippen LogP contribution >= 0.6 is 0 Å². The molecule has 64 valence electrons. The molecule has 1 unspecified atom stereocenters. The quantitative estimate of drug-likeness (QED) is 0.574. The van der Waals surface area contributed by atoms with Gasteiger partial charge < -0.3 is 9.47 Å². The van der Waals surface area contributed by atoms with Gasteiger partial charge in [-0.15, -0.1) is 0 Å². The molecule has 3 atom stereocenters. The van der Waals surface area contributed by atoms with E-state index in [1.54, 1.807) is 0 Å². The van der Waals surface area contributed by atoms with E-state index in [1.807, 2.05) is 0 Å².